The molecule has 0 aliphatic carbocycles. The van der Waals surface area contributed by atoms with Crippen molar-refractivity contribution in [2.24, 2.45) is 0 Å². The second-order valence-corrected chi connectivity index (χ2v) is 3.31. The maximum Gasteiger partial charge on any atom is 0.231 e. The highest BCUT2D eigenvalue weighted by Gasteiger charge is 2.06. The zero-order chi connectivity index (χ0) is 10.7. The van der Waals surface area contributed by atoms with Crippen LogP contribution in [0.5, 0.6) is 0 Å². The Bertz CT molecular complexity index is 458. The largest absolute Gasteiger partial charge is 0.339 e. The van der Waals surface area contributed by atoms with Gasteiger partial charge >= 0.3 is 0 Å². The number of benzene rings is 1. The van der Waals surface area contributed by atoms with E-state index in [-0.39, 0.29) is 11.7 Å². The van der Waals surface area contributed by atoms with Crippen LogP contribution in [0.1, 0.15) is 17.3 Å². The van der Waals surface area contributed by atoms with Crippen LogP contribution < -0.4 is 0 Å². The summed E-state index contributed by atoms with van der Waals surface area (Å²) in [7, 11) is 0. The number of nitrogens with zero attached hydrogens (tertiary/aromatic N) is 2. The van der Waals surface area contributed by atoms with Crippen molar-refractivity contribution in [3.63, 3.8) is 0 Å². The first-order chi connectivity index (χ1) is 7.28. The second-order valence-electron chi connectivity index (χ2n) is 3.04. The summed E-state index contributed by atoms with van der Waals surface area (Å²) in [4.78, 5) is 4.02. The summed E-state index contributed by atoms with van der Waals surface area (Å²) in [6.07, 6.45) is 0.418. The molecule has 3 nitrogen and oxygen atoms in total. The zero-order valence-electron chi connectivity index (χ0n) is 7.78. The average molecular weight is 227 g/mol. The lowest BCUT2D eigenvalue weighted by Gasteiger charge is -1.95. The number of hydrogen-bond acceptors (Lipinski definition) is 3. The summed E-state index contributed by atoms with van der Waals surface area (Å²) < 4.78 is 17.8. The first-order valence-electron chi connectivity index (χ1n) is 4.40. The number of alkyl halides is 1. The molecule has 1 aromatic heterocycles. The number of aromatic nitrogens is 2. The summed E-state index contributed by atoms with van der Waals surface area (Å²) in [5.74, 6) is 0.830. The van der Waals surface area contributed by atoms with Crippen molar-refractivity contribution in [3.05, 3.63) is 47.4 Å². The minimum absolute atomic E-state index is 0.215. The van der Waals surface area contributed by atoms with Gasteiger partial charge in [-0.25, -0.2) is 4.39 Å². The third-order valence-electron chi connectivity index (χ3n) is 1.87. The molecule has 1 aromatic carbocycles. The fourth-order valence-corrected chi connectivity index (χ4v) is 1.35. The monoisotopic (exact) mass is 226 g/mol. The maximum atomic E-state index is 12.9. The molecule has 15 heavy (non-hydrogen) atoms. The molecular formula is C10H8ClFN2O. The lowest BCUT2D eigenvalue weighted by atomic mass is 10.1. The van der Waals surface area contributed by atoms with E-state index in [9.17, 15) is 4.39 Å². The van der Waals surface area contributed by atoms with Crippen LogP contribution >= 0.6 is 11.6 Å². The number of halogens is 2. The van der Waals surface area contributed by atoms with E-state index >= 15 is 0 Å². The summed E-state index contributed by atoms with van der Waals surface area (Å²) in [5.41, 5.74) is 0.791. The van der Waals surface area contributed by atoms with Gasteiger partial charge in [0.2, 0.25) is 5.89 Å². The molecule has 0 saturated carbocycles. The van der Waals surface area contributed by atoms with Gasteiger partial charge in [-0.1, -0.05) is 17.3 Å². The minimum Gasteiger partial charge on any atom is -0.339 e. The molecule has 78 valence electrons. The van der Waals surface area contributed by atoms with Gasteiger partial charge in [0.1, 0.15) is 5.82 Å². The van der Waals surface area contributed by atoms with Crippen molar-refractivity contribution in [3.8, 4) is 0 Å². The maximum absolute atomic E-state index is 12.9. The fraction of sp³-hybridized carbons (Fsp3) is 0.200. The molecule has 2 aromatic rings. The van der Waals surface area contributed by atoms with Gasteiger partial charge in [-0.05, 0) is 17.7 Å². The summed E-state index contributed by atoms with van der Waals surface area (Å²) >= 11 is 5.52. The second kappa shape index (κ2) is 4.40. The van der Waals surface area contributed by atoms with Crippen LogP contribution in [-0.2, 0) is 12.3 Å². The topological polar surface area (TPSA) is 38.9 Å². The molecule has 1 heterocycles. The Balaban J connectivity index is 2.14. The predicted octanol–water partition coefficient (Wildman–Crippen LogP) is 2.54. The van der Waals surface area contributed by atoms with E-state index in [1.54, 1.807) is 12.1 Å². The molecule has 0 spiro atoms. The normalized spacial score (nSPS) is 10.5. The highest BCUT2D eigenvalue weighted by Crippen LogP contribution is 2.09. The molecule has 5 heteroatoms. The molecular weight excluding hydrogens is 219 g/mol. The van der Waals surface area contributed by atoms with Gasteiger partial charge in [-0.15, -0.1) is 11.6 Å². The molecule has 0 atom stereocenters. The van der Waals surface area contributed by atoms with Crippen LogP contribution in [0.3, 0.4) is 0 Å². The van der Waals surface area contributed by atoms with E-state index in [0.717, 1.165) is 5.56 Å². The van der Waals surface area contributed by atoms with Crippen LogP contribution in [-0.4, -0.2) is 10.1 Å². The van der Waals surface area contributed by atoms with Crippen LogP contribution in [0, 0.1) is 5.82 Å². The number of rotatable bonds is 3. The van der Waals surface area contributed by atoms with Crippen molar-refractivity contribution in [1.29, 1.82) is 0 Å². The Labute approximate surface area is 90.9 Å². The third kappa shape index (κ3) is 2.53. The van der Waals surface area contributed by atoms with Crippen molar-refractivity contribution < 1.29 is 8.91 Å². The van der Waals surface area contributed by atoms with Crippen molar-refractivity contribution in [2.45, 2.75) is 12.3 Å². The van der Waals surface area contributed by atoms with Crippen LogP contribution in [0.2, 0.25) is 0 Å². The van der Waals surface area contributed by atoms with Crippen LogP contribution in [0.4, 0.5) is 4.39 Å². The smallest absolute Gasteiger partial charge is 0.231 e. The zero-order valence-corrected chi connectivity index (χ0v) is 8.54. The van der Waals surface area contributed by atoms with E-state index < -0.39 is 0 Å². The van der Waals surface area contributed by atoms with Crippen molar-refractivity contribution in [1.82, 2.24) is 10.1 Å². The molecule has 0 fully saturated rings. The molecule has 0 N–H and O–H groups in total. The Morgan fingerprint density at radius 3 is 2.93 bits per heavy atom. The van der Waals surface area contributed by atoms with Crippen LogP contribution in [0.15, 0.2) is 28.8 Å². The third-order valence-corrected chi connectivity index (χ3v) is 2.11. The quantitative estimate of drug-likeness (QED) is 0.755. The van der Waals surface area contributed by atoms with Gasteiger partial charge in [0.25, 0.3) is 0 Å². The lowest BCUT2D eigenvalue weighted by Crippen LogP contribution is -1.89. The van der Waals surface area contributed by atoms with Crippen LogP contribution in [0.25, 0.3) is 0 Å². The minimum atomic E-state index is -0.274. The van der Waals surface area contributed by atoms with Gasteiger partial charge < -0.3 is 4.52 Å². The molecule has 0 aliphatic heterocycles. The number of hydrogen-bond donors (Lipinski definition) is 0. The van der Waals surface area contributed by atoms with Gasteiger partial charge in [-0.3, -0.25) is 0 Å². The summed E-state index contributed by atoms with van der Waals surface area (Å²) in [6, 6.07) is 6.27. The standard InChI is InChI=1S/C10H8ClFN2O/c11-6-9-13-10(15-14-9)5-7-2-1-3-8(12)4-7/h1-4H,5-6H2. The van der Waals surface area contributed by atoms with Crippen molar-refractivity contribution in [2.75, 3.05) is 0 Å². The molecule has 0 radical (unpaired) electrons. The Morgan fingerprint density at radius 1 is 1.40 bits per heavy atom. The average Bonchev–Trinajstić information content (AvgIpc) is 2.65. The van der Waals surface area contributed by atoms with Gasteiger partial charge in [0.15, 0.2) is 5.82 Å². The summed E-state index contributed by atoms with van der Waals surface area (Å²) in [6.45, 7) is 0. The Kier molecular flexibility index (Phi) is 2.97. The SMILES string of the molecule is Fc1cccc(Cc2nc(CCl)no2)c1. The Morgan fingerprint density at radius 2 is 2.27 bits per heavy atom. The predicted molar refractivity (Wildman–Crippen MR) is 53.1 cm³/mol. The highest BCUT2D eigenvalue weighted by molar-refractivity contribution is 6.16. The molecule has 0 aliphatic rings. The van der Waals surface area contributed by atoms with Gasteiger partial charge in [0, 0.05) is 0 Å². The van der Waals surface area contributed by atoms with E-state index in [2.05, 4.69) is 10.1 Å². The lowest BCUT2D eigenvalue weighted by molar-refractivity contribution is 0.380. The molecule has 0 amide bonds. The molecule has 0 bridgehead atoms. The fourth-order valence-electron chi connectivity index (χ4n) is 1.24. The molecule has 0 unspecified atom stereocenters. The van der Waals surface area contributed by atoms with Gasteiger partial charge in [-0.2, -0.15) is 4.98 Å². The van der Waals surface area contributed by atoms with E-state index in [0.29, 0.717) is 18.1 Å². The Hall–Kier alpha value is -1.42. The highest BCUT2D eigenvalue weighted by atomic mass is 35.5. The van der Waals surface area contributed by atoms with Gasteiger partial charge in [0.05, 0.1) is 12.3 Å². The van der Waals surface area contributed by atoms with E-state index in [1.165, 1.54) is 12.1 Å². The molecule has 2 rings (SSSR count). The first kappa shape index (κ1) is 10.1. The summed E-state index contributed by atoms with van der Waals surface area (Å²) in [5, 5.41) is 3.64. The first-order valence-corrected chi connectivity index (χ1v) is 4.93. The molecule has 0 saturated heterocycles. The van der Waals surface area contributed by atoms with E-state index in [1.807, 2.05) is 0 Å². The van der Waals surface area contributed by atoms with E-state index in [4.69, 9.17) is 16.1 Å². The van der Waals surface area contributed by atoms with Crippen molar-refractivity contribution >= 4 is 11.6 Å².